The predicted octanol–water partition coefficient (Wildman–Crippen LogP) is 2.40. The van der Waals surface area contributed by atoms with Gasteiger partial charge in [-0.05, 0) is 12.0 Å². The molecule has 0 unspecified atom stereocenters. The number of aromatic nitrogens is 1. The Morgan fingerprint density at radius 2 is 1.81 bits per heavy atom. The summed E-state index contributed by atoms with van der Waals surface area (Å²) in [7, 11) is 1.67. The minimum atomic E-state index is -0.0923. The molecule has 0 atom stereocenters. The number of nitrogens with one attached hydrogen (secondary N) is 3. The van der Waals surface area contributed by atoms with Gasteiger partial charge in [-0.2, -0.15) is 0 Å². The zero-order valence-electron chi connectivity index (χ0n) is 16.0. The van der Waals surface area contributed by atoms with Crippen molar-refractivity contribution in [3.05, 3.63) is 52.9 Å². The normalized spacial score (nSPS) is 10.9. The van der Waals surface area contributed by atoms with Crippen LogP contribution in [-0.4, -0.2) is 30.6 Å². The quantitative estimate of drug-likeness (QED) is 0.304. The fourth-order valence-corrected chi connectivity index (χ4v) is 2.55. The van der Waals surface area contributed by atoms with Crippen molar-refractivity contribution in [2.75, 3.05) is 13.6 Å². The second-order valence-corrected chi connectivity index (χ2v) is 5.78. The lowest BCUT2D eigenvalue weighted by Gasteiger charge is -2.12. The van der Waals surface area contributed by atoms with E-state index in [0.29, 0.717) is 19.0 Å². The van der Waals surface area contributed by atoms with Crippen molar-refractivity contribution < 1.29 is 9.32 Å². The van der Waals surface area contributed by atoms with Crippen molar-refractivity contribution in [2.45, 2.75) is 39.8 Å². The van der Waals surface area contributed by atoms with Crippen molar-refractivity contribution in [1.29, 1.82) is 0 Å². The highest BCUT2D eigenvalue weighted by Crippen LogP contribution is 2.15. The zero-order valence-corrected chi connectivity index (χ0v) is 18.4. The van der Waals surface area contributed by atoms with Crippen LogP contribution in [0, 0.1) is 0 Å². The number of nitrogens with zero attached hydrogens (tertiary/aromatic N) is 2. The second-order valence-electron chi connectivity index (χ2n) is 5.78. The molecule has 0 fully saturated rings. The Kier molecular flexibility index (Phi) is 10.5. The summed E-state index contributed by atoms with van der Waals surface area (Å²) in [5, 5.41) is 13.2. The minimum absolute atomic E-state index is 0. The molecular formula is C19H28IN5O2. The Hall–Kier alpha value is -2.10. The van der Waals surface area contributed by atoms with Crippen molar-refractivity contribution in [2.24, 2.45) is 4.99 Å². The molecule has 2 aromatic rings. The molecule has 148 valence electrons. The van der Waals surface area contributed by atoms with Gasteiger partial charge in [0, 0.05) is 32.1 Å². The molecule has 0 saturated carbocycles. The van der Waals surface area contributed by atoms with E-state index in [9.17, 15) is 4.79 Å². The van der Waals surface area contributed by atoms with E-state index >= 15 is 0 Å². The molecule has 3 N–H and O–H groups in total. The van der Waals surface area contributed by atoms with Crippen LogP contribution in [0.25, 0.3) is 0 Å². The highest BCUT2D eigenvalue weighted by Gasteiger charge is 2.13. The van der Waals surface area contributed by atoms with Crippen LogP contribution >= 0.6 is 24.0 Å². The second kappa shape index (κ2) is 12.3. The van der Waals surface area contributed by atoms with Crippen molar-refractivity contribution in [3.8, 4) is 0 Å². The summed E-state index contributed by atoms with van der Waals surface area (Å²) in [5.74, 6) is 1.35. The number of hydrogen-bond acceptors (Lipinski definition) is 4. The summed E-state index contributed by atoms with van der Waals surface area (Å²) in [4.78, 5) is 16.1. The molecule has 0 saturated heterocycles. The van der Waals surface area contributed by atoms with Gasteiger partial charge in [0.1, 0.15) is 5.76 Å². The number of amides is 1. The lowest BCUT2D eigenvalue weighted by atomic mass is 10.1. The van der Waals surface area contributed by atoms with Gasteiger partial charge in [-0.3, -0.25) is 9.79 Å². The third kappa shape index (κ3) is 7.20. The summed E-state index contributed by atoms with van der Waals surface area (Å²) in [6.07, 6.45) is 1.60. The number of aryl methyl sites for hydroxylation is 2. The van der Waals surface area contributed by atoms with Crippen molar-refractivity contribution in [1.82, 2.24) is 21.1 Å². The number of guanidine groups is 1. The number of aliphatic imine (C=N–C) groups is 1. The maximum atomic E-state index is 12.0. The van der Waals surface area contributed by atoms with Crippen LogP contribution in [0.15, 0.2) is 39.8 Å². The smallest absolute Gasteiger partial charge is 0.239 e. The van der Waals surface area contributed by atoms with Crippen LogP contribution in [0.4, 0.5) is 0 Å². The third-order valence-corrected chi connectivity index (χ3v) is 4.01. The highest BCUT2D eigenvalue weighted by molar-refractivity contribution is 14.0. The van der Waals surface area contributed by atoms with E-state index in [1.54, 1.807) is 7.05 Å². The van der Waals surface area contributed by atoms with E-state index in [2.05, 4.69) is 26.1 Å². The van der Waals surface area contributed by atoms with E-state index in [-0.39, 0.29) is 36.4 Å². The Bertz CT molecular complexity index is 709. The molecule has 0 radical (unpaired) electrons. The maximum Gasteiger partial charge on any atom is 0.239 e. The van der Waals surface area contributed by atoms with Gasteiger partial charge < -0.3 is 20.5 Å². The molecule has 0 bridgehead atoms. The van der Waals surface area contributed by atoms with Crippen molar-refractivity contribution in [3.63, 3.8) is 0 Å². The molecule has 27 heavy (non-hydrogen) atoms. The van der Waals surface area contributed by atoms with Gasteiger partial charge in [0.2, 0.25) is 5.91 Å². The highest BCUT2D eigenvalue weighted by atomic mass is 127. The first-order chi connectivity index (χ1) is 12.7. The molecule has 7 nitrogen and oxygen atoms in total. The largest absolute Gasteiger partial charge is 0.361 e. The van der Waals surface area contributed by atoms with Crippen LogP contribution < -0.4 is 16.0 Å². The average Bonchev–Trinajstić information content (AvgIpc) is 3.09. The number of carbonyl (C=O) groups excluding carboxylic acids is 1. The predicted molar refractivity (Wildman–Crippen MR) is 117 cm³/mol. The Morgan fingerprint density at radius 1 is 1.07 bits per heavy atom. The summed E-state index contributed by atoms with van der Waals surface area (Å²) in [6.45, 7) is 5.30. The molecule has 8 heteroatoms. The third-order valence-electron chi connectivity index (χ3n) is 4.01. The van der Waals surface area contributed by atoms with Crippen LogP contribution in [0.5, 0.6) is 0 Å². The van der Waals surface area contributed by atoms with E-state index in [0.717, 1.165) is 35.4 Å². The SMILES string of the molecule is CCc1noc(CC)c1CNC(=NC)NCC(=O)NCc1ccccc1.I. The Morgan fingerprint density at radius 3 is 2.44 bits per heavy atom. The minimum Gasteiger partial charge on any atom is -0.361 e. The van der Waals surface area contributed by atoms with Crippen LogP contribution in [0.2, 0.25) is 0 Å². The Labute approximate surface area is 177 Å². The average molecular weight is 485 g/mol. The summed E-state index contributed by atoms with van der Waals surface area (Å²) in [6, 6.07) is 9.80. The molecule has 1 aromatic heterocycles. The molecule has 1 amide bonds. The maximum absolute atomic E-state index is 12.0. The lowest BCUT2D eigenvalue weighted by molar-refractivity contribution is -0.120. The molecule has 1 heterocycles. The molecule has 0 spiro atoms. The number of benzene rings is 1. The first-order valence-corrected chi connectivity index (χ1v) is 8.89. The van der Waals surface area contributed by atoms with Crippen LogP contribution in [0.1, 0.15) is 36.4 Å². The molecule has 2 rings (SSSR count). The molecule has 0 aliphatic carbocycles. The fraction of sp³-hybridized carbons (Fsp3) is 0.421. The van der Waals surface area contributed by atoms with E-state index < -0.39 is 0 Å². The van der Waals surface area contributed by atoms with E-state index in [4.69, 9.17) is 4.52 Å². The number of hydrogen-bond donors (Lipinski definition) is 3. The fourth-order valence-electron chi connectivity index (χ4n) is 2.55. The first-order valence-electron chi connectivity index (χ1n) is 8.89. The van der Waals surface area contributed by atoms with Gasteiger partial charge >= 0.3 is 0 Å². The van der Waals surface area contributed by atoms with Crippen LogP contribution in [0.3, 0.4) is 0 Å². The number of rotatable bonds is 8. The molecule has 1 aromatic carbocycles. The summed E-state index contributed by atoms with van der Waals surface area (Å²) < 4.78 is 5.36. The van der Waals surface area contributed by atoms with Gasteiger partial charge in [-0.15, -0.1) is 24.0 Å². The molecule has 0 aliphatic heterocycles. The topological polar surface area (TPSA) is 91.6 Å². The van der Waals surface area contributed by atoms with Gasteiger partial charge in [-0.1, -0.05) is 49.3 Å². The van der Waals surface area contributed by atoms with Gasteiger partial charge in [-0.25, -0.2) is 0 Å². The lowest BCUT2D eigenvalue weighted by Crippen LogP contribution is -2.42. The molecular weight excluding hydrogens is 457 g/mol. The zero-order chi connectivity index (χ0) is 18.8. The summed E-state index contributed by atoms with van der Waals surface area (Å²) >= 11 is 0. The van der Waals surface area contributed by atoms with Gasteiger partial charge in [0.15, 0.2) is 5.96 Å². The van der Waals surface area contributed by atoms with Gasteiger partial charge in [0.05, 0.1) is 12.2 Å². The van der Waals surface area contributed by atoms with E-state index in [1.165, 1.54) is 0 Å². The number of halogens is 1. The Balaban J connectivity index is 0.00000364. The van der Waals surface area contributed by atoms with Crippen molar-refractivity contribution >= 4 is 35.8 Å². The van der Waals surface area contributed by atoms with E-state index in [1.807, 2.05) is 44.2 Å². The summed E-state index contributed by atoms with van der Waals surface area (Å²) in [5.41, 5.74) is 3.08. The standard InChI is InChI=1S/C19H27N5O2.HI/c1-4-16-15(17(5-2)26-24-16)12-22-19(20-3)23-13-18(25)21-11-14-9-7-6-8-10-14;/h6-10H,4-5,11-13H2,1-3H3,(H,21,25)(H2,20,22,23);1H. The first kappa shape index (κ1) is 22.9. The monoisotopic (exact) mass is 485 g/mol. The van der Waals surface area contributed by atoms with Crippen LogP contribution in [-0.2, 0) is 30.7 Å². The molecule has 0 aliphatic rings. The van der Waals surface area contributed by atoms with Gasteiger partial charge in [0.25, 0.3) is 0 Å². The number of carbonyl (C=O) groups is 1.